The van der Waals surface area contributed by atoms with Gasteiger partial charge in [-0.3, -0.25) is 0 Å². The van der Waals surface area contributed by atoms with E-state index >= 15 is 0 Å². The van der Waals surface area contributed by atoms with Gasteiger partial charge in [0.15, 0.2) is 29.9 Å². The van der Waals surface area contributed by atoms with E-state index in [0.717, 1.165) is 18.1 Å². The van der Waals surface area contributed by atoms with Crippen molar-refractivity contribution in [1.82, 2.24) is 0 Å². The number of rotatable bonds is 12. The Morgan fingerprint density at radius 3 is 2.19 bits per heavy atom. The zero-order valence-electron chi connectivity index (χ0n) is 23.8. The van der Waals surface area contributed by atoms with E-state index in [4.69, 9.17) is 9.47 Å². The zero-order chi connectivity index (χ0) is 31.0. The highest BCUT2D eigenvalue weighted by molar-refractivity contribution is 5.50. The quantitative estimate of drug-likeness (QED) is 0.176. The first-order chi connectivity index (χ1) is 20.6. The van der Waals surface area contributed by atoms with Crippen LogP contribution in [0, 0.1) is 35.2 Å². The number of ether oxygens (including phenoxy) is 4. The molecule has 43 heavy (non-hydrogen) atoms. The number of hydrogen-bond acceptors (Lipinski definition) is 4. The predicted octanol–water partition coefficient (Wildman–Crippen LogP) is 9.74. The van der Waals surface area contributed by atoms with E-state index in [0.29, 0.717) is 55.6 Å². The molecule has 0 spiro atoms. The van der Waals surface area contributed by atoms with Crippen molar-refractivity contribution in [2.45, 2.75) is 70.7 Å². The van der Waals surface area contributed by atoms with Crippen LogP contribution < -0.4 is 9.47 Å². The van der Waals surface area contributed by atoms with Gasteiger partial charge >= 0.3 is 12.2 Å². The molecule has 0 bridgehead atoms. The fourth-order valence-corrected chi connectivity index (χ4v) is 5.69. The van der Waals surface area contributed by atoms with Gasteiger partial charge in [0.25, 0.3) is 0 Å². The van der Waals surface area contributed by atoms with Gasteiger partial charge in [-0.05, 0) is 48.8 Å². The van der Waals surface area contributed by atoms with E-state index in [-0.39, 0.29) is 12.6 Å². The Bertz CT molecular complexity index is 1240. The third-order valence-electron chi connectivity index (χ3n) is 7.92. The summed E-state index contributed by atoms with van der Waals surface area (Å²) in [4.78, 5) is 0. The van der Waals surface area contributed by atoms with Crippen LogP contribution in [-0.2, 0) is 15.6 Å². The molecule has 1 heterocycles. The lowest BCUT2D eigenvalue weighted by Crippen LogP contribution is -2.37. The first kappa shape index (κ1) is 32.9. The second-order valence-corrected chi connectivity index (χ2v) is 11.0. The highest BCUT2D eigenvalue weighted by Gasteiger charge is 2.38. The Balaban J connectivity index is 1.25. The van der Waals surface area contributed by atoms with Crippen LogP contribution in [-0.4, -0.2) is 19.5 Å². The maximum atomic E-state index is 14.7. The van der Waals surface area contributed by atoms with Crippen LogP contribution in [0.3, 0.4) is 0 Å². The lowest BCUT2D eigenvalue weighted by atomic mass is 9.75. The van der Waals surface area contributed by atoms with E-state index in [2.05, 4.69) is 16.4 Å². The molecule has 0 unspecified atom stereocenters. The molecule has 4 rings (SSSR count). The van der Waals surface area contributed by atoms with E-state index < -0.39 is 46.7 Å². The summed E-state index contributed by atoms with van der Waals surface area (Å²) >= 11 is 0. The summed E-state index contributed by atoms with van der Waals surface area (Å²) in [6.07, 6.45) is 4.84. The van der Waals surface area contributed by atoms with Crippen LogP contribution in [0.1, 0.15) is 69.4 Å². The monoisotopic (exact) mass is 616 g/mol. The minimum Gasteiger partial charge on any atom is -0.453 e. The second-order valence-electron chi connectivity index (χ2n) is 11.0. The van der Waals surface area contributed by atoms with Gasteiger partial charge in [-0.15, -0.1) is 0 Å². The molecule has 2 aromatic carbocycles. The molecule has 2 aromatic rings. The number of hydrogen-bond donors (Lipinski definition) is 0. The van der Waals surface area contributed by atoms with Gasteiger partial charge in [0, 0.05) is 24.5 Å². The van der Waals surface area contributed by atoms with Crippen LogP contribution in [0.15, 0.2) is 48.8 Å². The Kier molecular flexibility index (Phi) is 11.5. The molecule has 0 N–H and O–H groups in total. The molecule has 2 aliphatic rings. The molecule has 11 heteroatoms. The van der Waals surface area contributed by atoms with Crippen molar-refractivity contribution >= 4 is 6.08 Å². The molecule has 0 atom stereocenters. The fourth-order valence-electron chi connectivity index (χ4n) is 5.69. The number of benzene rings is 2. The molecule has 1 aliphatic carbocycles. The van der Waals surface area contributed by atoms with Crippen LogP contribution in [0.25, 0.3) is 6.08 Å². The van der Waals surface area contributed by atoms with Crippen molar-refractivity contribution in [3.8, 4) is 11.5 Å². The topological polar surface area (TPSA) is 36.9 Å². The van der Waals surface area contributed by atoms with E-state index in [1.54, 1.807) is 12.2 Å². The summed E-state index contributed by atoms with van der Waals surface area (Å²) in [5.41, 5.74) is -0.848. The molecule has 0 radical (unpaired) electrons. The van der Waals surface area contributed by atoms with Gasteiger partial charge in [0.1, 0.15) is 11.6 Å². The van der Waals surface area contributed by atoms with Gasteiger partial charge in [0.2, 0.25) is 0 Å². The Morgan fingerprint density at radius 1 is 0.907 bits per heavy atom. The molecule has 1 saturated carbocycles. The smallest absolute Gasteiger partial charge is 0.429 e. The molecule has 1 aliphatic heterocycles. The van der Waals surface area contributed by atoms with Crippen molar-refractivity contribution in [3.05, 3.63) is 77.3 Å². The van der Waals surface area contributed by atoms with E-state index in [1.165, 1.54) is 44.6 Å². The summed E-state index contributed by atoms with van der Waals surface area (Å²) < 4.78 is 117. The number of allylic oxidation sites excluding steroid dienone is 1. The van der Waals surface area contributed by atoms with E-state index in [1.807, 2.05) is 0 Å². The first-order valence-corrected chi connectivity index (χ1v) is 14.5. The lowest BCUT2D eigenvalue weighted by Gasteiger charge is -2.37. The number of halogens is 7. The van der Waals surface area contributed by atoms with Gasteiger partial charge in [-0.2, -0.15) is 17.6 Å². The average Bonchev–Trinajstić information content (AvgIpc) is 2.95. The van der Waals surface area contributed by atoms with Gasteiger partial charge in [-0.1, -0.05) is 50.8 Å². The highest BCUT2D eigenvalue weighted by atomic mass is 19.3. The molecule has 4 nitrogen and oxygen atoms in total. The minimum atomic E-state index is -4.30. The van der Waals surface area contributed by atoms with E-state index in [9.17, 15) is 30.7 Å². The largest absolute Gasteiger partial charge is 0.453 e. The fraction of sp³-hybridized carbons (Fsp3) is 0.500. The highest BCUT2D eigenvalue weighted by Crippen LogP contribution is 2.38. The lowest BCUT2D eigenvalue weighted by molar-refractivity contribution is -0.211. The number of alkyl halides is 2. The van der Waals surface area contributed by atoms with Gasteiger partial charge < -0.3 is 18.9 Å². The average molecular weight is 617 g/mol. The summed E-state index contributed by atoms with van der Waals surface area (Å²) in [5, 5.41) is 0. The Hall–Kier alpha value is -3.05. The van der Waals surface area contributed by atoms with Crippen LogP contribution >= 0.6 is 0 Å². The van der Waals surface area contributed by atoms with Crippen LogP contribution in [0.5, 0.6) is 11.5 Å². The summed E-state index contributed by atoms with van der Waals surface area (Å²) in [5.74, 6) is -4.77. The van der Waals surface area contributed by atoms with Crippen LogP contribution in [0.2, 0.25) is 0 Å². The van der Waals surface area contributed by atoms with Gasteiger partial charge in [0.05, 0.1) is 18.8 Å². The Morgan fingerprint density at radius 2 is 1.58 bits per heavy atom. The zero-order valence-corrected chi connectivity index (χ0v) is 23.8. The summed E-state index contributed by atoms with van der Waals surface area (Å²) in [7, 11) is 0. The SMILES string of the molecule is CCCC1CCC(C2COC(CC/C=C/c3ccc(C(F)(F)Oc4cc(F)c(OC=C(F)F)c(F)c4)c(F)c3)OC2)CC1. The molecule has 0 amide bonds. The maximum Gasteiger partial charge on any atom is 0.429 e. The van der Waals surface area contributed by atoms with Crippen molar-refractivity contribution in [1.29, 1.82) is 0 Å². The molecular weight excluding hydrogens is 581 g/mol. The predicted molar refractivity (Wildman–Crippen MR) is 146 cm³/mol. The molecule has 2 fully saturated rings. The third-order valence-corrected chi connectivity index (χ3v) is 7.92. The van der Waals surface area contributed by atoms with Gasteiger partial charge in [-0.25, -0.2) is 13.2 Å². The molecule has 0 aromatic heterocycles. The van der Waals surface area contributed by atoms with Crippen molar-refractivity contribution in [2.24, 2.45) is 17.8 Å². The van der Waals surface area contributed by atoms with Crippen molar-refractivity contribution in [3.63, 3.8) is 0 Å². The molecule has 1 saturated heterocycles. The summed E-state index contributed by atoms with van der Waals surface area (Å²) in [6.45, 7) is 3.58. The summed E-state index contributed by atoms with van der Waals surface area (Å²) in [6, 6.07) is 3.55. The molecule has 236 valence electrons. The van der Waals surface area contributed by atoms with Crippen molar-refractivity contribution in [2.75, 3.05) is 13.2 Å². The molecular formula is C32H35F7O4. The second kappa shape index (κ2) is 15.1. The minimum absolute atomic E-state index is 0.214. The van der Waals surface area contributed by atoms with Crippen LogP contribution in [0.4, 0.5) is 30.7 Å². The first-order valence-electron chi connectivity index (χ1n) is 14.5. The maximum absolute atomic E-state index is 14.7. The Labute approximate surface area is 246 Å². The standard InChI is InChI=1S/C32H35F7O4/c1-2-5-20-8-11-22(12-9-20)23-17-40-30(41-18-23)7-4-3-6-21-10-13-25(26(33)14-21)32(38,39)43-24-15-27(34)31(28(35)16-24)42-19-29(36)37/h3,6,10,13-16,19-20,22-23,30H,2,4-5,7-9,11-12,17-18H2,1H3/b6-3+. The normalized spacial score (nSPS) is 22.9. The van der Waals surface area contributed by atoms with Crippen molar-refractivity contribution < 1.29 is 49.7 Å². The third kappa shape index (κ3) is 9.22.